The minimum absolute atomic E-state index is 0.216. The van der Waals surface area contributed by atoms with E-state index in [-0.39, 0.29) is 5.97 Å². The number of aryl methyl sites for hydroxylation is 1. The van der Waals surface area contributed by atoms with E-state index in [0.717, 1.165) is 48.6 Å². The number of anilines is 1. The first-order valence-electron chi connectivity index (χ1n) is 11.7. The SMILES string of the molecule is CCOC(=O)c1c(NC(=S)NC2CCC(C(C)(C)C)CC2)sc2c1CCCCCC2. The van der Waals surface area contributed by atoms with Crippen LogP contribution < -0.4 is 10.6 Å². The third-order valence-electron chi connectivity index (χ3n) is 6.67. The van der Waals surface area contributed by atoms with E-state index in [1.165, 1.54) is 42.5 Å². The van der Waals surface area contributed by atoms with Crippen LogP contribution in [0.3, 0.4) is 0 Å². The smallest absolute Gasteiger partial charge is 0.341 e. The summed E-state index contributed by atoms with van der Waals surface area (Å²) in [4.78, 5) is 14.1. The third-order valence-corrected chi connectivity index (χ3v) is 8.09. The van der Waals surface area contributed by atoms with E-state index in [1.54, 1.807) is 11.3 Å². The van der Waals surface area contributed by atoms with E-state index in [2.05, 4.69) is 31.4 Å². The van der Waals surface area contributed by atoms with Crippen LogP contribution in [0.4, 0.5) is 5.00 Å². The molecule has 0 aromatic carbocycles. The number of esters is 1. The van der Waals surface area contributed by atoms with Crippen LogP contribution in [0, 0.1) is 11.3 Å². The van der Waals surface area contributed by atoms with Gasteiger partial charge in [0.15, 0.2) is 5.11 Å². The Labute approximate surface area is 191 Å². The third kappa shape index (κ3) is 5.97. The number of thiocarbonyl (C=S) groups is 1. The van der Waals surface area contributed by atoms with Gasteiger partial charge >= 0.3 is 5.97 Å². The number of rotatable bonds is 4. The summed E-state index contributed by atoms with van der Waals surface area (Å²) in [5, 5.41) is 8.39. The largest absolute Gasteiger partial charge is 0.462 e. The molecule has 0 radical (unpaired) electrons. The predicted octanol–water partition coefficient (Wildman–Crippen LogP) is 6.48. The van der Waals surface area contributed by atoms with Gasteiger partial charge in [-0.15, -0.1) is 11.3 Å². The molecule has 0 bridgehead atoms. The lowest BCUT2D eigenvalue weighted by Crippen LogP contribution is -2.41. The first-order valence-corrected chi connectivity index (χ1v) is 12.9. The summed E-state index contributed by atoms with van der Waals surface area (Å²) in [5.41, 5.74) is 2.29. The Morgan fingerprint density at radius 1 is 1.10 bits per heavy atom. The maximum atomic E-state index is 12.8. The second-order valence-electron chi connectivity index (χ2n) is 9.86. The van der Waals surface area contributed by atoms with E-state index >= 15 is 0 Å². The molecule has 4 nitrogen and oxygen atoms in total. The Balaban J connectivity index is 1.68. The van der Waals surface area contributed by atoms with Crippen molar-refractivity contribution in [2.24, 2.45) is 11.3 Å². The lowest BCUT2D eigenvalue weighted by atomic mass is 9.71. The Morgan fingerprint density at radius 2 is 1.77 bits per heavy atom. The highest BCUT2D eigenvalue weighted by atomic mass is 32.1. The number of fused-ring (bicyclic) bond motifs is 1. The zero-order valence-electron chi connectivity index (χ0n) is 19.1. The summed E-state index contributed by atoms with van der Waals surface area (Å²) >= 11 is 7.35. The van der Waals surface area contributed by atoms with Crippen LogP contribution in [0.2, 0.25) is 0 Å². The number of carbonyl (C=O) groups is 1. The van der Waals surface area contributed by atoms with Crippen LogP contribution in [-0.4, -0.2) is 23.7 Å². The Kier molecular flexibility index (Phi) is 8.19. The quantitative estimate of drug-likeness (QED) is 0.406. The molecule has 1 aromatic heterocycles. The lowest BCUT2D eigenvalue weighted by molar-refractivity contribution is 0.0526. The van der Waals surface area contributed by atoms with Gasteiger partial charge in [-0.25, -0.2) is 4.79 Å². The molecule has 1 fully saturated rings. The van der Waals surface area contributed by atoms with Crippen molar-refractivity contribution >= 4 is 39.6 Å². The van der Waals surface area contributed by atoms with Gasteiger partial charge in [0.05, 0.1) is 12.2 Å². The first-order chi connectivity index (χ1) is 14.3. The minimum Gasteiger partial charge on any atom is -0.462 e. The molecule has 6 heteroatoms. The number of carbonyl (C=O) groups excluding carboxylic acids is 1. The highest BCUT2D eigenvalue weighted by molar-refractivity contribution is 7.80. The summed E-state index contributed by atoms with van der Waals surface area (Å²) < 4.78 is 5.40. The summed E-state index contributed by atoms with van der Waals surface area (Å²) in [6.45, 7) is 9.29. The van der Waals surface area contributed by atoms with Crippen molar-refractivity contribution in [3.8, 4) is 0 Å². The van der Waals surface area contributed by atoms with Crippen LogP contribution in [0.15, 0.2) is 0 Å². The van der Waals surface area contributed by atoms with Gasteiger partial charge < -0.3 is 15.4 Å². The monoisotopic (exact) mass is 450 g/mol. The molecule has 0 unspecified atom stereocenters. The maximum absolute atomic E-state index is 12.8. The molecule has 0 atom stereocenters. The second kappa shape index (κ2) is 10.4. The van der Waals surface area contributed by atoms with Gasteiger partial charge in [0.1, 0.15) is 5.00 Å². The summed E-state index contributed by atoms with van der Waals surface area (Å²) in [5.74, 6) is 0.566. The molecule has 1 aromatic rings. The van der Waals surface area contributed by atoms with E-state index in [1.807, 2.05) is 6.92 Å². The average molecular weight is 451 g/mol. The molecule has 1 heterocycles. The van der Waals surface area contributed by atoms with Gasteiger partial charge in [0.25, 0.3) is 0 Å². The summed E-state index contributed by atoms with van der Waals surface area (Å²) in [6, 6.07) is 0.413. The Morgan fingerprint density at radius 3 is 2.40 bits per heavy atom. The Hall–Kier alpha value is -1.14. The van der Waals surface area contributed by atoms with E-state index in [4.69, 9.17) is 17.0 Å². The minimum atomic E-state index is -0.216. The molecule has 0 saturated heterocycles. The normalized spacial score (nSPS) is 22.4. The number of thiophene rings is 1. The van der Waals surface area contributed by atoms with Crippen molar-refractivity contribution in [2.45, 2.75) is 97.9 Å². The molecule has 168 valence electrons. The number of ether oxygens (including phenoxy) is 1. The molecule has 1 saturated carbocycles. The maximum Gasteiger partial charge on any atom is 0.341 e. The van der Waals surface area contributed by atoms with Crippen molar-refractivity contribution < 1.29 is 9.53 Å². The molecule has 2 aliphatic carbocycles. The standard InChI is InChI=1S/C24H38N2O2S2/c1-5-28-22(27)20-18-10-8-6-7-9-11-19(18)30-21(20)26-23(29)25-17-14-12-16(13-15-17)24(2,3)4/h16-17H,5-15H2,1-4H3,(H2,25,26,29). The molecule has 0 amide bonds. The highest BCUT2D eigenvalue weighted by Gasteiger charge is 2.30. The zero-order valence-corrected chi connectivity index (χ0v) is 20.7. The van der Waals surface area contributed by atoms with Crippen LogP contribution in [0.5, 0.6) is 0 Å². The molecule has 0 spiro atoms. The van der Waals surface area contributed by atoms with Gasteiger partial charge in [-0.3, -0.25) is 0 Å². The van der Waals surface area contributed by atoms with Gasteiger partial charge in [-0.05, 0) is 87.4 Å². The van der Waals surface area contributed by atoms with Gasteiger partial charge in [0, 0.05) is 10.9 Å². The van der Waals surface area contributed by atoms with Crippen molar-refractivity contribution in [3.63, 3.8) is 0 Å². The fourth-order valence-corrected chi connectivity index (χ4v) is 6.47. The van der Waals surface area contributed by atoms with Gasteiger partial charge in [-0.2, -0.15) is 0 Å². The van der Waals surface area contributed by atoms with Crippen LogP contribution in [0.25, 0.3) is 0 Å². The van der Waals surface area contributed by atoms with Crippen molar-refractivity contribution in [1.29, 1.82) is 0 Å². The van der Waals surface area contributed by atoms with Gasteiger partial charge in [-0.1, -0.05) is 33.6 Å². The molecular formula is C24H38N2O2S2. The second-order valence-corrected chi connectivity index (χ2v) is 11.4. The van der Waals surface area contributed by atoms with E-state index < -0.39 is 0 Å². The summed E-state index contributed by atoms with van der Waals surface area (Å²) in [6.07, 6.45) is 11.6. The highest BCUT2D eigenvalue weighted by Crippen LogP contribution is 2.39. The first kappa shape index (κ1) is 23.5. The van der Waals surface area contributed by atoms with Crippen molar-refractivity contribution in [3.05, 3.63) is 16.0 Å². The molecule has 2 aliphatic rings. The summed E-state index contributed by atoms with van der Waals surface area (Å²) in [7, 11) is 0. The van der Waals surface area contributed by atoms with Crippen LogP contribution >= 0.6 is 23.6 Å². The van der Waals surface area contributed by atoms with Gasteiger partial charge in [0.2, 0.25) is 0 Å². The fourth-order valence-electron chi connectivity index (χ4n) is 4.86. The number of hydrogen-bond donors (Lipinski definition) is 2. The molecule has 3 rings (SSSR count). The molecule has 0 aliphatic heterocycles. The number of nitrogens with one attached hydrogen (secondary N) is 2. The van der Waals surface area contributed by atoms with Crippen LogP contribution in [-0.2, 0) is 17.6 Å². The van der Waals surface area contributed by atoms with E-state index in [0.29, 0.717) is 23.2 Å². The van der Waals surface area contributed by atoms with E-state index in [9.17, 15) is 4.79 Å². The predicted molar refractivity (Wildman–Crippen MR) is 131 cm³/mol. The fraction of sp³-hybridized carbons (Fsp3) is 0.750. The van der Waals surface area contributed by atoms with Crippen molar-refractivity contribution in [1.82, 2.24) is 5.32 Å². The van der Waals surface area contributed by atoms with Crippen LogP contribution in [0.1, 0.15) is 99.9 Å². The lowest BCUT2D eigenvalue weighted by Gasteiger charge is -2.37. The number of hydrogen-bond acceptors (Lipinski definition) is 4. The topological polar surface area (TPSA) is 50.4 Å². The van der Waals surface area contributed by atoms with Crippen molar-refractivity contribution in [2.75, 3.05) is 11.9 Å². The average Bonchev–Trinajstić information content (AvgIpc) is 2.97. The Bertz CT molecular complexity index is 743. The molecular weight excluding hydrogens is 412 g/mol. The molecule has 30 heavy (non-hydrogen) atoms. The zero-order chi connectivity index (χ0) is 21.7. The molecule has 2 N–H and O–H groups in total.